The van der Waals surface area contributed by atoms with Crippen LogP contribution in [0.25, 0.3) is 0 Å². The predicted octanol–water partition coefficient (Wildman–Crippen LogP) is 4.39. The molecule has 0 aromatic heterocycles. The van der Waals surface area contributed by atoms with Crippen LogP contribution in [0, 0.1) is 5.82 Å². The molecule has 0 fully saturated rings. The molecular weight excluding hydrogens is 365 g/mol. The third kappa shape index (κ3) is 4.45. The molecule has 0 bridgehead atoms. The molecule has 1 amide bonds. The monoisotopic (exact) mass is 381 g/mol. The fourth-order valence-electron chi connectivity index (χ4n) is 2.00. The summed E-state index contributed by atoms with van der Waals surface area (Å²) in [5, 5.41) is 2.55. The summed E-state index contributed by atoms with van der Waals surface area (Å²) in [4.78, 5) is 12.3. The van der Waals surface area contributed by atoms with Gasteiger partial charge in [-0.2, -0.15) is 0 Å². The largest absolute Gasteiger partial charge is 0.493 e. The molecule has 0 aliphatic heterocycles. The summed E-state index contributed by atoms with van der Waals surface area (Å²) in [6.07, 6.45) is -0.323. The number of benzene rings is 2. The van der Waals surface area contributed by atoms with Crippen molar-refractivity contribution >= 4 is 27.5 Å². The number of hydrogen-bond donors (Lipinski definition) is 1. The summed E-state index contributed by atoms with van der Waals surface area (Å²) in [6.45, 7) is 1.82. The Kier molecular flexibility index (Phi) is 5.98. The first-order valence-corrected chi connectivity index (χ1v) is 7.90. The Balaban J connectivity index is 2.12. The lowest BCUT2D eigenvalue weighted by atomic mass is 10.2. The average Bonchev–Trinajstić information content (AvgIpc) is 2.55. The molecule has 122 valence electrons. The van der Waals surface area contributed by atoms with Gasteiger partial charge in [0.1, 0.15) is 5.82 Å². The molecule has 2 aromatic rings. The number of hydrogen-bond acceptors (Lipinski definition) is 3. The molecule has 0 aliphatic rings. The minimum Gasteiger partial charge on any atom is -0.493 e. The van der Waals surface area contributed by atoms with Crippen molar-refractivity contribution in [2.75, 3.05) is 12.4 Å². The van der Waals surface area contributed by atoms with Gasteiger partial charge in [-0.05, 0) is 36.8 Å². The van der Waals surface area contributed by atoms with Gasteiger partial charge >= 0.3 is 0 Å². The summed E-state index contributed by atoms with van der Waals surface area (Å²) >= 11 is 3.17. The molecule has 0 heterocycles. The van der Waals surface area contributed by atoms with Crippen molar-refractivity contribution in [3.8, 4) is 11.5 Å². The highest BCUT2D eigenvalue weighted by atomic mass is 79.9. The molecule has 4 nitrogen and oxygen atoms in total. The zero-order chi connectivity index (χ0) is 16.8. The van der Waals surface area contributed by atoms with Gasteiger partial charge in [0, 0.05) is 4.47 Å². The van der Waals surface area contributed by atoms with Crippen molar-refractivity contribution < 1.29 is 18.7 Å². The minimum absolute atomic E-state index is 0.111. The second kappa shape index (κ2) is 7.97. The van der Waals surface area contributed by atoms with E-state index in [2.05, 4.69) is 21.2 Å². The van der Waals surface area contributed by atoms with Crippen molar-refractivity contribution in [1.82, 2.24) is 0 Å². The lowest BCUT2D eigenvalue weighted by molar-refractivity contribution is -0.122. The number of amides is 1. The second-order valence-electron chi connectivity index (χ2n) is 4.78. The summed E-state index contributed by atoms with van der Waals surface area (Å²) in [6, 6.07) is 11.5. The van der Waals surface area contributed by atoms with Crippen LogP contribution in [0.2, 0.25) is 0 Å². The highest BCUT2D eigenvalue weighted by Gasteiger charge is 2.21. The number of methoxy groups -OCH3 is 1. The maximum Gasteiger partial charge on any atom is 0.265 e. The highest BCUT2D eigenvalue weighted by molar-refractivity contribution is 9.10. The van der Waals surface area contributed by atoms with E-state index >= 15 is 0 Å². The van der Waals surface area contributed by atoms with E-state index in [4.69, 9.17) is 9.47 Å². The molecule has 0 spiro atoms. The molecule has 6 heteroatoms. The molecule has 1 unspecified atom stereocenters. The summed E-state index contributed by atoms with van der Waals surface area (Å²) < 4.78 is 25.3. The van der Waals surface area contributed by atoms with E-state index in [0.29, 0.717) is 22.4 Å². The second-order valence-corrected chi connectivity index (χ2v) is 5.69. The zero-order valence-electron chi connectivity index (χ0n) is 12.8. The van der Waals surface area contributed by atoms with E-state index in [1.54, 1.807) is 24.3 Å². The minimum atomic E-state index is -0.755. The number of carbonyl (C=O) groups is 1. The van der Waals surface area contributed by atoms with Crippen LogP contribution in [0.5, 0.6) is 11.5 Å². The summed E-state index contributed by atoms with van der Waals surface area (Å²) in [5.74, 6) is 0.0707. The summed E-state index contributed by atoms with van der Waals surface area (Å²) in [5.41, 5.74) is 0.111. The number of anilines is 1. The van der Waals surface area contributed by atoms with Crippen LogP contribution in [0.4, 0.5) is 10.1 Å². The van der Waals surface area contributed by atoms with Gasteiger partial charge in [0.15, 0.2) is 17.6 Å². The first-order valence-electron chi connectivity index (χ1n) is 7.10. The third-order valence-electron chi connectivity index (χ3n) is 3.19. The molecular formula is C17H17BrFNO3. The van der Waals surface area contributed by atoms with E-state index in [-0.39, 0.29) is 5.69 Å². The normalized spacial score (nSPS) is 11.7. The highest BCUT2D eigenvalue weighted by Crippen LogP contribution is 2.28. The van der Waals surface area contributed by atoms with Crippen LogP contribution in [-0.4, -0.2) is 19.1 Å². The Morgan fingerprint density at radius 2 is 1.96 bits per heavy atom. The van der Waals surface area contributed by atoms with Gasteiger partial charge in [-0.25, -0.2) is 4.39 Å². The molecule has 0 aliphatic carbocycles. The van der Waals surface area contributed by atoms with E-state index in [0.717, 1.165) is 0 Å². The Bertz CT molecular complexity index is 693. The maximum atomic E-state index is 13.8. The Hall–Kier alpha value is -2.08. The van der Waals surface area contributed by atoms with E-state index in [1.165, 1.54) is 19.2 Å². The fourth-order valence-corrected chi connectivity index (χ4v) is 2.33. The number of nitrogens with one attached hydrogen (secondary N) is 1. The third-order valence-corrected chi connectivity index (χ3v) is 3.68. The van der Waals surface area contributed by atoms with Gasteiger partial charge in [-0.15, -0.1) is 0 Å². The van der Waals surface area contributed by atoms with E-state index in [9.17, 15) is 9.18 Å². The van der Waals surface area contributed by atoms with Crippen LogP contribution >= 0.6 is 15.9 Å². The van der Waals surface area contributed by atoms with E-state index in [1.807, 2.05) is 13.0 Å². The van der Waals surface area contributed by atoms with Crippen molar-refractivity contribution in [2.45, 2.75) is 19.4 Å². The van der Waals surface area contributed by atoms with Crippen LogP contribution in [0.1, 0.15) is 13.3 Å². The van der Waals surface area contributed by atoms with Gasteiger partial charge in [0.05, 0.1) is 12.8 Å². The van der Waals surface area contributed by atoms with Crippen molar-refractivity contribution in [3.63, 3.8) is 0 Å². The molecule has 0 saturated heterocycles. The van der Waals surface area contributed by atoms with Crippen LogP contribution in [0.15, 0.2) is 46.9 Å². The molecule has 2 aromatic carbocycles. The standard InChI is InChI=1S/C17H17BrFNO3/c1-3-14(23-16-7-5-4-6-15(16)22-2)17(21)20-13-9-8-11(18)10-12(13)19/h4-10,14H,3H2,1-2H3,(H,20,21). The molecule has 0 radical (unpaired) electrons. The number of rotatable bonds is 6. The van der Waals surface area contributed by atoms with E-state index < -0.39 is 17.8 Å². The van der Waals surface area contributed by atoms with Gasteiger partial charge in [-0.3, -0.25) is 4.79 Å². The van der Waals surface area contributed by atoms with Gasteiger partial charge in [0.2, 0.25) is 0 Å². The molecule has 2 rings (SSSR count). The van der Waals surface area contributed by atoms with Crippen molar-refractivity contribution in [3.05, 3.63) is 52.8 Å². The summed E-state index contributed by atoms with van der Waals surface area (Å²) in [7, 11) is 1.53. The smallest absolute Gasteiger partial charge is 0.265 e. The van der Waals surface area contributed by atoms with Crippen LogP contribution in [0.3, 0.4) is 0 Å². The lowest BCUT2D eigenvalue weighted by Crippen LogP contribution is -2.32. The number of ether oxygens (including phenoxy) is 2. The van der Waals surface area contributed by atoms with Crippen LogP contribution in [-0.2, 0) is 4.79 Å². The quantitative estimate of drug-likeness (QED) is 0.806. The predicted molar refractivity (Wildman–Crippen MR) is 90.4 cm³/mol. The average molecular weight is 382 g/mol. The first-order chi connectivity index (χ1) is 11.0. The fraction of sp³-hybridized carbons (Fsp3) is 0.235. The molecule has 1 N–H and O–H groups in total. The van der Waals surface area contributed by atoms with Crippen LogP contribution < -0.4 is 14.8 Å². The Morgan fingerprint density at radius 1 is 1.26 bits per heavy atom. The van der Waals surface area contributed by atoms with Crippen molar-refractivity contribution in [2.24, 2.45) is 0 Å². The SMILES string of the molecule is CCC(Oc1ccccc1OC)C(=O)Nc1ccc(Br)cc1F. The first kappa shape index (κ1) is 17.3. The number of halogens is 2. The number of para-hydroxylation sites is 2. The Morgan fingerprint density at radius 3 is 2.57 bits per heavy atom. The van der Waals surface area contributed by atoms with Gasteiger partial charge in [0.25, 0.3) is 5.91 Å². The molecule has 0 saturated carbocycles. The van der Waals surface area contributed by atoms with Crippen molar-refractivity contribution in [1.29, 1.82) is 0 Å². The van der Waals surface area contributed by atoms with Gasteiger partial charge in [-0.1, -0.05) is 35.0 Å². The van der Waals surface area contributed by atoms with Gasteiger partial charge < -0.3 is 14.8 Å². The molecule has 23 heavy (non-hydrogen) atoms. The number of carbonyl (C=O) groups excluding carboxylic acids is 1. The topological polar surface area (TPSA) is 47.6 Å². The molecule has 1 atom stereocenters. The maximum absolute atomic E-state index is 13.8. The zero-order valence-corrected chi connectivity index (χ0v) is 14.4. The Labute approximate surface area is 142 Å². The lowest BCUT2D eigenvalue weighted by Gasteiger charge is -2.19.